The number of hydrogen-bond donors (Lipinski definition) is 2. The summed E-state index contributed by atoms with van der Waals surface area (Å²) in [5.74, 6) is 0. The Morgan fingerprint density at radius 1 is 1.22 bits per heavy atom. The molecule has 0 saturated carbocycles. The van der Waals surface area contributed by atoms with Crippen molar-refractivity contribution in [3.63, 3.8) is 0 Å². The van der Waals surface area contributed by atoms with Gasteiger partial charge in [0.05, 0.1) is 6.10 Å². The van der Waals surface area contributed by atoms with Crippen molar-refractivity contribution in [2.75, 3.05) is 13.1 Å². The maximum absolute atomic E-state index is 10.2. The zero-order valence-electron chi connectivity index (χ0n) is 11.0. The number of aliphatic hydroxyl groups excluding tert-OH is 1. The molecule has 1 aliphatic heterocycles. The van der Waals surface area contributed by atoms with Crippen LogP contribution in [-0.2, 0) is 6.54 Å². The quantitative estimate of drug-likeness (QED) is 0.853. The van der Waals surface area contributed by atoms with E-state index >= 15 is 0 Å². The zero-order chi connectivity index (χ0) is 12.8. The van der Waals surface area contributed by atoms with Gasteiger partial charge in [-0.2, -0.15) is 0 Å². The number of aliphatic hydroxyl groups is 1. The number of nitrogens with zero attached hydrogens (tertiary/aromatic N) is 1. The lowest BCUT2D eigenvalue weighted by Crippen LogP contribution is -2.43. The van der Waals surface area contributed by atoms with E-state index in [-0.39, 0.29) is 12.1 Å². The fraction of sp³-hybridized carbons (Fsp3) is 0.600. The molecule has 0 aromatic heterocycles. The van der Waals surface area contributed by atoms with Gasteiger partial charge in [0.2, 0.25) is 0 Å². The van der Waals surface area contributed by atoms with E-state index in [1.165, 1.54) is 12.0 Å². The highest BCUT2D eigenvalue weighted by atomic mass is 16.3. The first-order valence-corrected chi connectivity index (χ1v) is 6.97. The fourth-order valence-electron chi connectivity index (χ4n) is 2.83. The predicted octanol–water partition coefficient (Wildman–Crippen LogP) is 1.75. The van der Waals surface area contributed by atoms with Crippen molar-refractivity contribution < 1.29 is 5.11 Å². The van der Waals surface area contributed by atoms with Gasteiger partial charge >= 0.3 is 0 Å². The van der Waals surface area contributed by atoms with Crippen LogP contribution < -0.4 is 5.73 Å². The Morgan fingerprint density at radius 3 is 2.72 bits per heavy atom. The summed E-state index contributed by atoms with van der Waals surface area (Å²) in [5.41, 5.74) is 7.00. The SMILES string of the molecule is NCCC1C(O)CCCCN1Cc1ccccc1. The molecule has 2 unspecified atom stereocenters. The monoisotopic (exact) mass is 248 g/mol. The molecule has 0 radical (unpaired) electrons. The van der Waals surface area contributed by atoms with E-state index in [0.717, 1.165) is 32.4 Å². The molecule has 3 N–H and O–H groups in total. The Labute approximate surface area is 110 Å². The lowest BCUT2D eigenvalue weighted by molar-refractivity contribution is 0.0499. The molecule has 0 aliphatic carbocycles. The second-order valence-corrected chi connectivity index (χ2v) is 5.16. The second kappa shape index (κ2) is 6.88. The lowest BCUT2D eigenvalue weighted by atomic mass is 10.0. The standard InChI is InChI=1S/C15H24N2O/c16-10-9-14-15(18)8-4-5-11-17(14)12-13-6-2-1-3-7-13/h1-3,6-7,14-15,18H,4-5,8-12,16H2. The van der Waals surface area contributed by atoms with Gasteiger partial charge in [-0.1, -0.05) is 30.3 Å². The van der Waals surface area contributed by atoms with Crippen LogP contribution in [0.5, 0.6) is 0 Å². The second-order valence-electron chi connectivity index (χ2n) is 5.16. The van der Waals surface area contributed by atoms with E-state index in [4.69, 9.17) is 5.73 Å². The van der Waals surface area contributed by atoms with E-state index in [9.17, 15) is 5.11 Å². The van der Waals surface area contributed by atoms with E-state index in [1.807, 2.05) is 6.07 Å². The summed E-state index contributed by atoms with van der Waals surface area (Å²) >= 11 is 0. The third kappa shape index (κ3) is 3.55. The largest absolute Gasteiger partial charge is 0.391 e. The van der Waals surface area contributed by atoms with Gasteiger partial charge in [0, 0.05) is 12.6 Å². The molecule has 3 nitrogen and oxygen atoms in total. The third-order valence-corrected chi connectivity index (χ3v) is 3.80. The first-order valence-electron chi connectivity index (χ1n) is 6.97. The maximum Gasteiger partial charge on any atom is 0.0696 e. The Balaban J connectivity index is 2.06. The minimum atomic E-state index is -0.222. The fourth-order valence-corrected chi connectivity index (χ4v) is 2.83. The van der Waals surface area contributed by atoms with Gasteiger partial charge in [-0.05, 0) is 44.3 Å². The van der Waals surface area contributed by atoms with Crippen LogP contribution in [0.4, 0.5) is 0 Å². The molecular formula is C15H24N2O. The molecule has 0 amide bonds. The van der Waals surface area contributed by atoms with Crippen LogP contribution in [0.15, 0.2) is 30.3 Å². The van der Waals surface area contributed by atoms with Crippen molar-refractivity contribution in [1.29, 1.82) is 0 Å². The van der Waals surface area contributed by atoms with Crippen LogP contribution in [0.25, 0.3) is 0 Å². The smallest absolute Gasteiger partial charge is 0.0696 e. The van der Waals surface area contributed by atoms with E-state index in [1.54, 1.807) is 0 Å². The van der Waals surface area contributed by atoms with Gasteiger partial charge in [-0.3, -0.25) is 4.90 Å². The first-order chi connectivity index (χ1) is 8.81. The summed E-state index contributed by atoms with van der Waals surface area (Å²) in [6, 6.07) is 10.7. The van der Waals surface area contributed by atoms with Gasteiger partial charge in [0.1, 0.15) is 0 Å². The molecule has 0 bridgehead atoms. The summed E-state index contributed by atoms with van der Waals surface area (Å²) in [6.07, 6.45) is 3.86. The highest BCUT2D eigenvalue weighted by Crippen LogP contribution is 2.21. The predicted molar refractivity (Wildman–Crippen MR) is 74.2 cm³/mol. The maximum atomic E-state index is 10.2. The summed E-state index contributed by atoms with van der Waals surface area (Å²) < 4.78 is 0. The van der Waals surface area contributed by atoms with Crippen LogP contribution in [0.2, 0.25) is 0 Å². The molecule has 1 saturated heterocycles. The number of rotatable bonds is 4. The van der Waals surface area contributed by atoms with Crippen molar-refractivity contribution in [2.24, 2.45) is 5.73 Å². The molecule has 18 heavy (non-hydrogen) atoms. The average Bonchev–Trinajstić information content (AvgIpc) is 2.56. The minimum absolute atomic E-state index is 0.220. The van der Waals surface area contributed by atoms with E-state index in [2.05, 4.69) is 29.2 Å². The molecule has 2 atom stereocenters. The van der Waals surface area contributed by atoms with Crippen molar-refractivity contribution in [3.05, 3.63) is 35.9 Å². The highest BCUT2D eigenvalue weighted by molar-refractivity contribution is 5.14. The Bertz CT molecular complexity index is 342. The molecule has 1 aliphatic rings. The van der Waals surface area contributed by atoms with Gasteiger partial charge in [-0.15, -0.1) is 0 Å². The van der Waals surface area contributed by atoms with Crippen LogP contribution in [0.3, 0.4) is 0 Å². The molecule has 1 aromatic carbocycles. The molecule has 1 heterocycles. The number of benzene rings is 1. The summed E-state index contributed by atoms with van der Waals surface area (Å²) in [5, 5.41) is 10.2. The van der Waals surface area contributed by atoms with Gasteiger partial charge in [0.25, 0.3) is 0 Å². The van der Waals surface area contributed by atoms with E-state index < -0.39 is 0 Å². The normalized spacial score (nSPS) is 25.9. The molecule has 1 aromatic rings. The zero-order valence-corrected chi connectivity index (χ0v) is 11.0. The van der Waals surface area contributed by atoms with Crippen molar-refractivity contribution in [1.82, 2.24) is 4.90 Å². The summed E-state index contributed by atoms with van der Waals surface area (Å²) in [7, 11) is 0. The summed E-state index contributed by atoms with van der Waals surface area (Å²) in [4.78, 5) is 2.40. The topological polar surface area (TPSA) is 49.5 Å². The Morgan fingerprint density at radius 2 is 2.00 bits per heavy atom. The van der Waals surface area contributed by atoms with Gasteiger partial charge < -0.3 is 10.8 Å². The molecule has 3 heteroatoms. The molecule has 2 rings (SSSR count). The minimum Gasteiger partial charge on any atom is -0.391 e. The van der Waals surface area contributed by atoms with Gasteiger partial charge in [0.15, 0.2) is 0 Å². The Kier molecular flexibility index (Phi) is 5.17. The van der Waals surface area contributed by atoms with Crippen LogP contribution in [0.1, 0.15) is 31.2 Å². The van der Waals surface area contributed by atoms with Crippen LogP contribution >= 0.6 is 0 Å². The van der Waals surface area contributed by atoms with Crippen molar-refractivity contribution in [3.8, 4) is 0 Å². The van der Waals surface area contributed by atoms with Crippen molar-refractivity contribution >= 4 is 0 Å². The number of likely N-dealkylation sites (tertiary alicyclic amines) is 1. The molecule has 0 spiro atoms. The van der Waals surface area contributed by atoms with Gasteiger partial charge in [-0.25, -0.2) is 0 Å². The summed E-state index contributed by atoms with van der Waals surface area (Å²) in [6.45, 7) is 2.63. The van der Waals surface area contributed by atoms with Crippen LogP contribution in [0, 0.1) is 0 Å². The Hall–Kier alpha value is -0.900. The van der Waals surface area contributed by atoms with Crippen LogP contribution in [-0.4, -0.2) is 35.2 Å². The molecule has 1 fully saturated rings. The van der Waals surface area contributed by atoms with Crippen molar-refractivity contribution in [2.45, 2.75) is 44.4 Å². The highest BCUT2D eigenvalue weighted by Gasteiger charge is 2.27. The molecular weight excluding hydrogens is 224 g/mol. The van der Waals surface area contributed by atoms with E-state index in [0.29, 0.717) is 6.54 Å². The third-order valence-electron chi connectivity index (χ3n) is 3.80. The number of hydrogen-bond acceptors (Lipinski definition) is 3. The number of nitrogens with two attached hydrogens (primary N) is 1. The molecule has 100 valence electrons. The first kappa shape index (κ1) is 13.5. The average molecular weight is 248 g/mol. The lowest BCUT2D eigenvalue weighted by Gasteiger charge is -2.32.